The second kappa shape index (κ2) is 8.09. The first-order valence-corrected chi connectivity index (χ1v) is 15.1. The second-order valence-corrected chi connectivity index (χ2v) is 14.4. The number of para-hydroxylation sites is 2. The molecule has 0 saturated heterocycles. The molecule has 0 N–H and O–H groups in total. The summed E-state index contributed by atoms with van der Waals surface area (Å²) in [6.07, 6.45) is 3.59. The first kappa shape index (κ1) is 25.6. The fraction of sp³-hybridized carbons (Fsp3) is 0.444. The normalized spacial score (nSPS) is 24.9. The lowest BCUT2D eigenvalue weighted by Crippen LogP contribution is -2.51. The molecule has 3 atom stereocenters. The summed E-state index contributed by atoms with van der Waals surface area (Å²) >= 11 is 0. The molecule has 4 nitrogen and oxygen atoms in total. The molecule has 4 heteroatoms. The van der Waals surface area contributed by atoms with E-state index in [0.717, 1.165) is 35.5 Å². The summed E-state index contributed by atoms with van der Waals surface area (Å²) in [7, 11) is 0. The topological polar surface area (TPSA) is 32.3 Å². The summed E-state index contributed by atoms with van der Waals surface area (Å²) in [4.78, 5) is 15.7. The maximum atomic E-state index is 5.33. The molecule has 3 unspecified atom stereocenters. The highest BCUT2D eigenvalue weighted by molar-refractivity contribution is 5.92. The molecule has 40 heavy (non-hydrogen) atoms. The maximum absolute atomic E-state index is 5.33. The van der Waals surface area contributed by atoms with Gasteiger partial charge >= 0.3 is 0 Å². The molecular weight excluding hydrogens is 488 g/mol. The smallest absolute Gasteiger partial charge is 0.179 e. The van der Waals surface area contributed by atoms with E-state index in [-0.39, 0.29) is 27.8 Å². The molecule has 1 saturated carbocycles. The number of anilines is 4. The predicted octanol–water partition coefficient (Wildman–Crippen LogP) is 9.30. The minimum Gasteiger partial charge on any atom is -0.301 e. The Morgan fingerprint density at radius 2 is 1.30 bits per heavy atom. The summed E-state index contributed by atoms with van der Waals surface area (Å²) in [5.41, 5.74) is 9.15. The van der Waals surface area contributed by atoms with Crippen molar-refractivity contribution in [1.82, 2.24) is 9.97 Å². The van der Waals surface area contributed by atoms with E-state index in [9.17, 15) is 0 Å². The second-order valence-electron chi connectivity index (χ2n) is 14.4. The largest absolute Gasteiger partial charge is 0.301 e. The molecule has 0 spiro atoms. The average Bonchev–Trinajstić information content (AvgIpc) is 3.52. The van der Waals surface area contributed by atoms with Crippen molar-refractivity contribution < 1.29 is 0 Å². The molecule has 2 aliphatic heterocycles. The van der Waals surface area contributed by atoms with Crippen LogP contribution in [0.15, 0.2) is 66.7 Å². The Balaban J connectivity index is 1.51. The average molecular weight is 531 g/mol. The zero-order valence-corrected chi connectivity index (χ0v) is 25.3. The third kappa shape index (κ3) is 3.25. The van der Waals surface area contributed by atoms with E-state index in [1.165, 1.54) is 34.5 Å². The van der Waals surface area contributed by atoms with Gasteiger partial charge in [-0.15, -0.1) is 0 Å². The molecule has 4 aromatic rings. The highest BCUT2D eigenvalue weighted by Crippen LogP contribution is 2.77. The molecule has 1 aromatic heterocycles. The Morgan fingerprint density at radius 1 is 0.725 bits per heavy atom. The minimum absolute atomic E-state index is 0.102. The lowest BCUT2D eigenvalue weighted by atomic mass is 9.74. The fourth-order valence-electron chi connectivity index (χ4n) is 7.88. The Morgan fingerprint density at radius 3 is 1.85 bits per heavy atom. The van der Waals surface area contributed by atoms with Crippen LogP contribution >= 0.6 is 0 Å². The van der Waals surface area contributed by atoms with Crippen molar-refractivity contribution >= 4 is 34.0 Å². The molecule has 1 aliphatic carbocycles. The van der Waals surface area contributed by atoms with Gasteiger partial charge in [-0.1, -0.05) is 91.8 Å². The lowest BCUT2D eigenvalue weighted by Gasteiger charge is -2.46. The van der Waals surface area contributed by atoms with E-state index in [1.807, 2.05) is 0 Å². The van der Waals surface area contributed by atoms with Crippen LogP contribution in [0, 0.1) is 5.41 Å². The van der Waals surface area contributed by atoms with Crippen LogP contribution in [0.2, 0.25) is 0 Å². The van der Waals surface area contributed by atoms with Gasteiger partial charge in [-0.2, -0.15) is 0 Å². The number of aromatic nitrogens is 2. The first-order valence-electron chi connectivity index (χ1n) is 15.1. The van der Waals surface area contributed by atoms with Gasteiger partial charge in [0.25, 0.3) is 0 Å². The van der Waals surface area contributed by atoms with Crippen LogP contribution in [0.4, 0.5) is 23.0 Å². The van der Waals surface area contributed by atoms with Gasteiger partial charge in [-0.25, -0.2) is 9.97 Å². The highest BCUT2D eigenvalue weighted by Gasteiger charge is 2.76. The van der Waals surface area contributed by atoms with Gasteiger partial charge in [0.05, 0.1) is 11.0 Å². The first-order chi connectivity index (χ1) is 18.9. The van der Waals surface area contributed by atoms with Gasteiger partial charge < -0.3 is 9.80 Å². The third-order valence-corrected chi connectivity index (χ3v) is 10.3. The number of fused-ring (bicyclic) bond motifs is 9. The summed E-state index contributed by atoms with van der Waals surface area (Å²) in [6, 6.07) is 24.8. The SMILES string of the molecule is CCC12CC1(CC)C1N(c3ccc(C(C)(C)C)cc3)c3nc4ccccc4nc3N1c1ccc(C(C)(C)C)cc12. The van der Waals surface area contributed by atoms with E-state index in [1.54, 1.807) is 0 Å². The van der Waals surface area contributed by atoms with Gasteiger partial charge in [-0.05, 0) is 77.1 Å². The molecule has 7 rings (SSSR count). The molecule has 0 radical (unpaired) electrons. The van der Waals surface area contributed by atoms with Crippen LogP contribution in [0.25, 0.3) is 11.0 Å². The van der Waals surface area contributed by atoms with Gasteiger partial charge in [0.1, 0.15) is 6.17 Å². The molecule has 206 valence electrons. The number of hydrogen-bond donors (Lipinski definition) is 0. The van der Waals surface area contributed by atoms with E-state index in [0.29, 0.717) is 0 Å². The van der Waals surface area contributed by atoms with Crippen molar-refractivity contribution in [3.05, 3.63) is 83.4 Å². The van der Waals surface area contributed by atoms with Crippen molar-refractivity contribution in [3.63, 3.8) is 0 Å². The van der Waals surface area contributed by atoms with Crippen molar-refractivity contribution in [2.75, 3.05) is 9.80 Å². The third-order valence-electron chi connectivity index (χ3n) is 10.3. The van der Waals surface area contributed by atoms with Crippen LogP contribution in [0.1, 0.15) is 91.3 Å². The monoisotopic (exact) mass is 530 g/mol. The number of hydrogen-bond acceptors (Lipinski definition) is 4. The highest BCUT2D eigenvalue weighted by atomic mass is 15.5. The van der Waals surface area contributed by atoms with Gasteiger partial charge in [0.2, 0.25) is 0 Å². The number of rotatable bonds is 3. The van der Waals surface area contributed by atoms with E-state index < -0.39 is 0 Å². The minimum atomic E-state index is 0.102. The fourth-order valence-corrected chi connectivity index (χ4v) is 7.88. The Hall–Kier alpha value is -3.40. The molecule has 0 bridgehead atoms. The van der Waals surface area contributed by atoms with Crippen LogP contribution in [0.3, 0.4) is 0 Å². The summed E-state index contributed by atoms with van der Waals surface area (Å²) in [5, 5.41) is 0. The van der Waals surface area contributed by atoms with Crippen LogP contribution in [-0.4, -0.2) is 16.1 Å². The van der Waals surface area contributed by atoms with Gasteiger partial charge in [0.15, 0.2) is 11.6 Å². The predicted molar refractivity (Wildman–Crippen MR) is 167 cm³/mol. The summed E-state index contributed by atoms with van der Waals surface area (Å²) in [5.74, 6) is 1.96. The zero-order chi connectivity index (χ0) is 28.2. The Labute approximate surface area is 239 Å². The Bertz CT molecular complexity index is 1640. The Kier molecular flexibility index (Phi) is 5.17. The molecule has 0 amide bonds. The zero-order valence-electron chi connectivity index (χ0n) is 25.3. The van der Waals surface area contributed by atoms with E-state index in [4.69, 9.17) is 9.97 Å². The van der Waals surface area contributed by atoms with Gasteiger partial charge in [0, 0.05) is 22.2 Å². The summed E-state index contributed by atoms with van der Waals surface area (Å²) in [6.45, 7) is 18.6. The lowest BCUT2D eigenvalue weighted by molar-refractivity contribution is 0.310. The van der Waals surface area contributed by atoms with E-state index >= 15 is 0 Å². The summed E-state index contributed by atoms with van der Waals surface area (Å²) < 4.78 is 0. The number of nitrogens with zero attached hydrogens (tertiary/aromatic N) is 4. The van der Waals surface area contributed by atoms with Crippen LogP contribution in [0.5, 0.6) is 0 Å². The molecule has 3 heterocycles. The quantitative estimate of drug-likeness (QED) is 0.264. The van der Waals surface area contributed by atoms with Gasteiger partial charge in [-0.3, -0.25) is 0 Å². The number of benzene rings is 3. The van der Waals surface area contributed by atoms with Crippen molar-refractivity contribution in [2.45, 2.75) is 97.1 Å². The van der Waals surface area contributed by atoms with Crippen LogP contribution < -0.4 is 9.80 Å². The van der Waals surface area contributed by atoms with Crippen molar-refractivity contribution in [3.8, 4) is 0 Å². The molecular formula is C36H42N4. The van der Waals surface area contributed by atoms with Crippen molar-refractivity contribution in [1.29, 1.82) is 0 Å². The molecule has 1 fully saturated rings. The van der Waals surface area contributed by atoms with E-state index in [2.05, 4.69) is 132 Å². The molecule has 3 aliphatic rings. The van der Waals surface area contributed by atoms with Crippen LogP contribution in [-0.2, 0) is 16.2 Å². The van der Waals surface area contributed by atoms with Crippen molar-refractivity contribution in [2.24, 2.45) is 5.41 Å². The molecule has 3 aromatic carbocycles. The maximum Gasteiger partial charge on any atom is 0.179 e. The standard InChI is InChI=1S/C36H42N4/c1-9-35-22-36(35,10-2)32-39(25-18-15-23(16-19-25)33(3,4)5)30-31(38-28-14-12-11-13-27(28)37-30)40(32)29-20-17-24(21-26(29)35)34(6,7)8/h11-21,32H,9-10,22H2,1-8H3.